The standard InChI is InChI=1S/C35H52N6O3.C34H39N7O2.C29H43N5O2/c1-44-31-12-11-28-10-6-15-37-33(28)34(31)40-20-7-19-39(24-25-40)30(26-32(42)36-16-23-38-17-4-5-18-38)27-13-21-41(22-14-27)35(43)29-8-2-3-9-29;1-43-31-14-13-27-10-7-16-36-33(27)34(31)40-22-9-21-39(24-25-40)30(26-32(42)35-17-8-20-38-18-5-6-19-38)29-15-23-41(37-29)28-11-3-2-4-12-28;1-36-26-12-11-24-10-6-13-31-28(24)29(26)34-18-7-17-33(20-21-34)25(23-8-2-3-9-23)22-27(35)30-14-19-32-15-4-5-16-32/h6,10-12,15,27,29-30H,2-5,7-9,13-14,16-26H2,1H3,(H,36,42);2-7,10-16,18-19,23,30H,8-9,17,20-22,24-26H2,1H3,(H,35,42);6,10-13,23,25H,2-5,7-9,14-22H2,1H3,(H,30,35). The molecule has 11 heterocycles. The van der Waals surface area contributed by atoms with Gasteiger partial charge in [-0.3, -0.25) is 48.8 Å². The highest BCUT2D eigenvalue weighted by molar-refractivity contribution is 5.96. The van der Waals surface area contributed by atoms with Gasteiger partial charge < -0.3 is 64.1 Å². The van der Waals surface area contributed by atoms with Gasteiger partial charge >= 0.3 is 0 Å². The predicted octanol–water partition coefficient (Wildman–Crippen LogP) is 13.2. The van der Waals surface area contributed by atoms with Crippen LogP contribution in [-0.2, 0) is 25.7 Å². The van der Waals surface area contributed by atoms with Crippen LogP contribution in [0.15, 0.2) is 159 Å². The molecule has 3 atom stereocenters. The number of anilines is 3. The first-order valence-electron chi connectivity index (χ1n) is 46.5. The van der Waals surface area contributed by atoms with Gasteiger partial charge in [-0.1, -0.05) is 62.1 Å². The molecule has 6 aliphatic heterocycles. The molecule has 4 aromatic carbocycles. The van der Waals surface area contributed by atoms with E-state index in [0.29, 0.717) is 49.6 Å². The maximum absolute atomic E-state index is 13.4. The van der Waals surface area contributed by atoms with Crippen molar-refractivity contribution in [3.8, 4) is 22.9 Å². The smallest absolute Gasteiger partial charge is 0.225 e. The summed E-state index contributed by atoms with van der Waals surface area (Å²) in [4.78, 5) is 89.0. The molecule has 2 aliphatic carbocycles. The third-order valence-electron chi connectivity index (χ3n) is 27.4. The number of methoxy groups -OCH3 is 3. The Balaban J connectivity index is 0.000000144. The number of amides is 4. The van der Waals surface area contributed by atoms with Crippen LogP contribution in [0, 0.1) is 17.8 Å². The molecule has 25 heteroatoms. The summed E-state index contributed by atoms with van der Waals surface area (Å²) in [6, 6.07) is 41.2. The molecule has 6 saturated heterocycles. The molecular weight excluding hydrogens is 1540 g/mol. The molecule has 4 amide bonds. The average molecular weight is 1680 g/mol. The Hall–Kier alpha value is -9.92. The Kier molecular flexibility index (Phi) is 31.9. The number of benzene rings is 4. The van der Waals surface area contributed by atoms with Crippen LogP contribution in [0.3, 0.4) is 0 Å². The van der Waals surface area contributed by atoms with Crippen LogP contribution in [0.5, 0.6) is 17.2 Å². The monoisotopic (exact) mass is 1680 g/mol. The van der Waals surface area contributed by atoms with Crippen molar-refractivity contribution in [1.29, 1.82) is 0 Å². The van der Waals surface area contributed by atoms with E-state index in [9.17, 15) is 19.2 Å². The van der Waals surface area contributed by atoms with E-state index in [1.54, 1.807) is 21.3 Å². The van der Waals surface area contributed by atoms with Gasteiger partial charge in [0.15, 0.2) is 0 Å². The maximum atomic E-state index is 13.4. The number of fused-ring (bicyclic) bond motifs is 3. The number of likely N-dealkylation sites (tertiary alicyclic amines) is 3. The lowest BCUT2D eigenvalue weighted by molar-refractivity contribution is -0.137. The van der Waals surface area contributed by atoms with Gasteiger partial charge in [-0.2, -0.15) is 5.10 Å². The number of ether oxygens (including phenoxy) is 3. The number of nitrogens with zero attached hydrogens (tertiary/aromatic N) is 15. The molecule has 0 bridgehead atoms. The van der Waals surface area contributed by atoms with Crippen molar-refractivity contribution in [2.75, 3.05) is 187 Å². The minimum absolute atomic E-state index is 0.0489. The van der Waals surface area contributed by atoms with Gasteiger partial charge in [0.25, 0.3) is 0 Å². The highest BCUT2D eigenvalue weighted by atomic mass is 16.5. The fourth-order valence-electron chi connectivity index (χ4n) is 20.8. The molecule has 17 rings (SSSR count). The Morgan fingerprint density at radius 2 is 0.829 bits per heavy atom. The highest BCUT2D eigenvalue weighted by Crippen LogP contribution is 2.42. The van der Waals surface area contributed by atoms with Crippen molar-refractivity contribution >= 4 is 73.4 Å². The van der Waals surface area contributed by atoms with Crippen molar-refractivity contribution in [2.24, 2.45) is 17.8 Å². The van der Waals surface area contributed by atoms with Crippen molar-refractivity contribution in [3.05, 3.63) is 164 Å². The van der Waals surface area contributed by atoms with Gasteiger partial charge in [-0.25, -0.2) is 4.68 Å². The van der Waals surface area contributed by atoms with Crippen molar-refractivity contribution in [2.45, 2.75) is 160 Å². The number of rotatable bonds is 30. The quantitative estimate of drug-likeness (QED) is 0.0356. The molecule has 0 radical (unpaired) electrons. The van der Waals surface area contributed by atoms with E-state index >= 15 is 0 Å². The lowest BCUT2D eigenvalue weighted by Gasteiger charge is -2.41. The van der Waals surface area contributed by atoms with Crippen LogP contribution in [0.1, 0.15) is 147 Å². The van der Waals surface area contributed by atoms with Crippen molar-refractivity contribution in [3.63, 3.8) is 0 Å². The average Bonchev–Trinajstić information content (AvgIpc) is 1.69. The fourth-order valence-corrected chi connectivity index (χ4v) is 20.8. The van der Waals surface area contributed by atoms with Gasteiger partial charge in [0.05, 0.1) is 55.3 Å². The van der Waals surface area contributed by atoms with E-state index in [1.165, 1.54) is 77.3 Å². The lowest BCUT2D eigenvalue weighted by atomic mass is 9.85. The van der Waals surface area contributed by atoms with E-state index in [0.717, 1.165) is 267 Å². The molecule has 9 aromatic rings. The normalized spacial score (nSPS) is 19.2. The maximum Gasteiger partial charge on any atom is 0.225 e. The molecule has 3 unspecified atom stereocenters. The Labute approximate surface area is 728 Å². The van der Waals surface area contributed by atoms with E-state index in [4.69, 9.17) is 34.3 Å². The van der Waals surface area contributed by atoms with Gasteiger partial charge in [0.1, 0.15) is 34.3 Å². The molecule has 25 nitrogen and oxygen atoms in total. The minimum atomic E-state index is -0.137. The van der Waals surface area contributed by atoms with Gasteiger partial charge in [0, 0.05) is 221 Å². The van der Waals surface area contributed by atoms with Crippen LogP contribution < -0.4 is 44.9 Å². The van der Waals surface area contributed by atoms with Crippen molar-refractivity contribution in [1.82, 2.24) is 74.6 Å². The zero-order valence-corrected chi connectivity index (χ0v) is 73.4. The Bertz CT molecular complexity index is 4810. The summed E-state index contributed by atoms with van der Waals surface area (Å²) in [5.74, 6) is 4.68. The fraction of sp³-hybridized carbons (Fsp3) is 0.551. The van der Waals surface area contributed by atoms with E-state index < -0.39 is 0 Å². The predicted molar refractivity (Wildman–Crippen MR) is 490 cm³/mol. The number of carbonyl (C=O) groups excluding carboxylic acids is 4. The Morgan fingerprint density at radius 1 is 0.390 bits per heavy atom. The molecular formula is C98H134N18O7. The van der Waals surface area contributed by atoms with Crippen LogP contribution >= 0.6 is 0 Å². The van der Waals surface area contributed by atoms with Crippen molar-refractivity contribution < 1.29 is 33.4 Å². The number of piperidine rings is 1. The molecule has 0 spiro atoms. The first-order valence-corrected chi connectivity index (χ1v) is 46.5. The number of pyridine rings is 3. The number of aromatic nitrogens is 6. The summed E-state index contributed by atoms with van der Waals surface area (Å²) < 4.78 is 21.4. The van der Waals surface area contributed by atoms with Crippen LogP contribution in [0.25, 0.3) is 38.4 Å². The topological polar surface area (TPSA) is 223 Å². The number of aryl methyl sites for hydroxylation is 1. The molecule has 8 aliphatic rings. The van der Waals surface area contributed by atoms with Gasteiger partial charge in [0.2, 0.25) is 23.6 Å². The second kappa shape index (κ2) is 44.6. The zero-order chi connectivity index (χ0) is 84.5. The first kappa shape index (κ1) is 88.0. The Morgan fingerprint density at radius 3 is 1.31 bits per heavy atom. The second-order valence-corrected chi connectivity index (χ2v) is 35.1. The van der Waals surface area contributed by atoms with E-state index in [-0.39, 0.29) is 35.7 Å². The summed E-state index contributed by atoms with van der Waals surface area (Å²) in [6.07, 6.45) is 33.8. The number of hydrogen-bond acceptors (Lipinski definition) is 19. The molecule has 2 saturated carbocycles. The molecule has 123 heavy (non-hydrogen) atoms. The minimum Gasteiger partial charge on any atom is -0.494 e. The summed E-state index contributed by atoms with van der Waals surface area (Å²) in [5.41, 5.74) is 8.06. The molecule has 8 fully saturated rings. The van der Waals surface area contributed by atoms with Gasteiger partial charge in [-0.15, -0.1) is 0 Å². The van der Waals surface area contributed by atoms with Crippen LogP contribution in [-0.4, -0.2) is 266 Å². The third kappa shape index (κ3) is 23.2. The molecule has 3 N–H and O–H groups in total. The van der Waals surface area contributed by atoms with Crippen LogP contribution in [0.2, 0.25) is 0 Å². The molecule has 658 valence electrons. The van der Waals surface area contributed by atoms with E-state index in [1.807, 2.05) is 109 Å². The number of para-hydroxylation sites is 1. The summed E-state index contributed by atoms with van der Waals surface area (Å²) >= 11 is 0. The third-order valence-corrected chi connectivity index (χ3v) is 27.4. The van der Waals surface area contributed by atoms with Gasteiger partial charge in [-0.05, 0) is 213 Å². The summed E-state index contributed by atoms with van der Waals surface area (Å²) in [5, 5.41) is 18.0. The SMILES string of the molecule is COc1ccc2cccnc2c1N1CCCN(C(CC(=O)NCCCn2cccc2)c2ccn(-c3ccccc3)n2)CC1.COc1ccc2cccnc2c1N1CCCN(C(CC(=O)NCCN2CCCC2)C2CCCC2)CC1.COc1ccc2cccnc2c1N1CCCN(C(CC(=O)NCCN2CCCC2)C2CCN(C(=O)C3CCCC3)CC2)CC1. The number of carbonyl (C=O) groups is 4. The summed E-state index contributed by atoms with van der Waals surface area (Å²) in [6.45, 7) is 22.1. The molecule has 5 aromatic heterocycles. The number of hydrogen-bond donors (Lipinski definition) is 3. The largest absolute Gasteiger partial charge is 0.494 e. The lowest BCUT2D eigenvalue weighted by Crippen LogP contribution is -2.50. The number of nitrogens with one attached hydrogen (secondary N) is 3. The first-order chi connectivity index (χ1) is 60.5. The second-order valence-electron chi connectivity index (χ2n) is 35.1. The van der Waals surface area contributed by atoms with Crippen LogP contribution in [0.4, 0.5) is 17.1 Å². The zero-order valence-electron chi connectivity index (χ0n) is 73.4. The highest BCUT2D eigenvalue weighted by Gasteiger charge is 2.39. The summed E-state index contributed by atoms with van der Waals surface area (Å²) in [7, 11) is 5.20. The van der Waals surface area contributed by atoms with E-state index in [2.05, 4.69) is 119 Å².